The van der Waals surface area contributed by atoms with Gasteiger partial charge in [0, 0.05) is 19.8 Å². The highest BCUT2D eigenvalue weighted by atomic mass is 16.2. The molecule has 0 radical (unpaired) electrons. The average Bonchev–Trinajstić information content (AvgIpc) is 2.48. The first kappa shape index (κ1) is 15.1. The summed E-state index contributed by atoms with van der Waals surface area (Å²) in [4.78, 5) is 14.1. The van der Waals surface area contributed by atoms with Crippen molar-refractivity contribution in [2.24, 2.45) is 0 Å². The van der Waals surface area contributed by atoms with Crippen LogP contribution in [0.15, 0.2) is 48.5 Å². The van der Waals surface area contributed by atoms with E-state index in [0.717, 1.165) is 16.8 Å². The number of carbonyl (C=O) groups excluding carboxylic acids is 1. The zero-order valence-corrected chi connectivity index (χ0v) is 13.1. The van der Waals surface area contributed by atoms with Gasteiger partial charge in [-0.2, -0.15) is 0 Å². The Morgan fingerprint density at radius 1 is 1.05 bits per heavy atom. The van der Waals surface area contributed by atoms with Crippen LogP contribution in [0.1, 0.15) is 22.7 Å². The van der Waals surface area contributed by atoms with E-state index < -0.39 is 0 Å². The van der Waals surface area contributed by atoms with Crippen LogP contribution in [0, 0.1) is 13.8 Å². The summed E-state index contributed by atoms with van der Waals surface area (Å²) in [6.45, 7) is 4.10. The van der Waals surface area contributed by atoms with E-state index in [0.29, 0.717) is 0 Å². The maximum atomic E-state index is 12.5. The Kier molecular flexibility index (Phi) is 4.63. The van der Waals surface area contributed by atoms with Crippen molar-refractivity contribution in [3.05, 3.63) is 65.2 Å². The molecule has 1 amide bonds. The highest BCUT2D eigenvalue weighted by Gasteiger charge is 2.22. The fourth-order valence-corrected chi connectivity index (χ4v) is 2.24. The Labute approximate surface area is 126 Å². The largest absolute Gasteiger partial charge is 0.370 e. The van der Waals surface area contributed by atoms with E-state index >= 15 is 0 Å². The van der Waals surface area contributed by atoms with Gasteiger partial charge >= 0.3 is 0 Å². The number of aryl methyl sites for hydroxylation is 2. The normalized spacial score (nSPS) is 11.8. The van der Waals surface area contributed by atoms with E-state index in [1.54, 1.807) is 19.0 Å². The summed E-state index contributed by atoms with van der Waals surface area (Å²) in [6.07, 6.45) is 0. The minimum Gasteiger partial charge on any atom is -0.370 e. The van der Waals surface area contributed by atoms with E-state index in [1.807, 2.05) is 37.3 Å². The third kappa shape index (κ3) is 3.63. The van der Waals surface area contributed by atoms with Crippen LogP contribution < -0.4 is 5.32 Å². The van der Waals surface area contributed by atoms with Crippen molar-refractivity contribution in [3.8, 4) is 0 Å². The Balaban J connectivity index is 2.37. The third-order valence-electron chi connectivity index (χ3n) is 3.51. The van der Waals surface area contributed by atoms with Gasteiger partial charge in [0.1, 0.15) is 6.04 Å². The maximum Gasteiger partial charge on any atom is 0.249 e. The van der Waals surface area contributed by atoms with Crippen LogP contribution in [0.2, 0.25) is 0 Å². The zero-order chi connectivity index (χ0) is 15.4. The fraction of sp³-hybridized carbons (Fsp3) is 0.278. The van der Waals surface area contributed by atoms with Crippen molar-refractivity contribution < 1.29 is 4.79 Å². The van der Waals surface area contributed by atoms with Crippen molar-refractivity contribution in [3.63, 3.8) is 0 Å². The number of likely N-dealkylation sites (N-methyl/N-ethyl adjacent to an activating group) is 1. The Bertz CT molecular complexity index is 620. The van der Waals surface area contributed by atoms with Crippen LogP contribution in [0.25, 0.3) is 0 Å². The number of nitrogens with one attached hydrogen (secondary N) is 1. The monoisotopic (exact) mass is 282 g/mol. The quantitative estimate of drug-likeness (QED) is 0.930. The molecule has 3 nitrogen and oxygen atoms in total. The van der Waals surface area contributed by atoms with Gasteiger partial charge in [0.05, 0.1) is 0 Å². The topological polar surface area (TPSA) is 32.3 Å². The van der Waals surface area contributed by atoms with Crippen molar-refractivity contribution in [2.45, 2.75) is 19.9 Å². The molecule has 0 spiro atoms. The standard InChI is InChI=1S/C18H22N2O/c1-13-10-11-14(2)16(12-13)19-17(18(21)20(3)4)15-8-6-5-7-9-15/h5-12,17,19H,1-4H3/t17-/m0/s1. The van der Waals surface area contributed by atoms with Crippen molar-refractivity contribution >= 4 is 11.6 Å². The molecular weight excluding hydrogens is 260 g/mol. The van der Waals surface area contributed by atoms with Crippen molar-refractivity contribution in [1.29, 1.82) is 0 Å². The average molecular weight is 282 g/mol. The van der Waals surface area contributed by atoms with Gasteiger partial charge in [-0.25, -0.2) is 0 Å². The Hall–Kier alpha value is -2.29. The molecule has 2 aromatic rings. The molecule has 21 heavy (non-hydrogen) atoms. The summed E-state index contributed by atoms with van der Waals surface area (Å²) in [5.74, 6) is 0.0436. The molecule has 1 atom stereocenters. The number of carbonyl (C=O) groups is 1. The lowest BCUT2D eigenvalue weighted by molar-refractivity contribution is -0.129. The van der Waals surface area contributed by atoms with Gasteiger partial charge in [-0.3, -0.25) is 4.79 Å². The number of nitrogens with zero attached hydrogens (tertiary/aromatic N) is 1. The first-order chi connectivity index (χ1) is 9.99. The number of benzene rings is 2. The van der Waals surface area contributed by atoms with E-state index in [1.165, 1.54) is 5.56 Å². The summed E-state index contributed by atoms with van der Waals surface area (Å²) < 4.78 is 0. The van der Waals surface area contributed by atoms with Crippen LogP contribution in [-0.4, -0.2) is 24.9 Å². The minimum absolute atomic E-state index is 0.0436. The van der Waals surface area contributed by atoms with E-state index in [-0.39, 0.29) is 11.9 Å². The van der Waals surface area contributed by atoms with Crippen molar-refractivity contribution in [1.82, 2.24) is 4.90 Å². The van der Waals surface area contributed by atoms with Crippen LogP contribution >= 0.6 is 0 Å². The molecule has 0 aliphatic rings. The lowest BCUT2D eigenvalue weighted by atomic mass is 10.0. The van der Waals surface area contributed by atoms with Gasteiger partial charge in [0.2, 0.25) is 5.91 Å². The second kappa shape index (κ2) is 6.44. The smallest absolute Gasteiger partial charge is 0.249 e. The molecule has 0 saturated heterocycles. The second-order valence-electron chi connectivity index (χ2n) is 5.54. The van der Waals surface area contributed by atoms with Gasteiger partial charge in [-0.1, -0.05) is 42.5 Å². The summed E-state index contributed by atoms with van der Waals surface area (Å²) in [5, 5.41) is 3.39. The summed E-state index contributed by atoms with van der Waals surface area (Å²) >= 11 is 0. The van der Waals surface area contributed by atoms with Crippen LogP contribution in [0.5, 0.6) is 0 Å². The molecule has 0 fully saturated rings. The second-order valence-corrected chi connectivity index (χ2v) is 5.54. The number of anilines is 1. The molecule has 0 unspecified atom stereocenters. The van der Waals surface area contributed by atoms with Gasteiger partial charge in [-0.05, 0) is 36.6 Å². The minimum atomic E-state index is -0.373. The predicted octanol–water partition coefficient (Wildman–Crippen LogP) is 3.54. The Morgan fingerprint density at radius 3 is 2.33 bits per heavy atom. The van der Waals surface area contributed by atoms with Gasteiger partial charge in [0.25, 0.3) is 0 Å². The molecular formula is C18H22N2O. The molecule has 3 heteroatoms. The maximum absolute atomic E-state index is 12.5. The first-order valence-electron chi connectivity index (χ1n) is 7.09. The number of hydrogen-bond acceptors (Lipinski definition) is 2. The molecule has 0 heterocycles. The van der Waals surface area contributed by atoms with Gasteiger partial charge in [-0.15, -0.1) is 0 Å². The van der Waals surface area contributed by atoms with Crippen molar-refractivity contribution in [2.75, 3.05) is 19.4 Å². The fourth-order valence-electron chi connectivity index (χ4n) is 2.24. The molecule has 110 valence electrons. The van der Waals surface area contributed by atoms with Gasteiger partial charge in [0.15, 0.2) is 0 Å². The molecule has 1 N–H and O–H groups in total. The SMILES string of the molecule is Cc1ccc(C)c(N[C@H](C(=O)N(C)C)c2ccccc2)c1. The lowest BCUT2D eigenvalue weighted by Gasteiger charge is -2.24. The molecule has 2 rings (SSSR count). The lowest BCUT2D eigenvalue weighted by Crippen LogP contribution is -2.32. The van der Waals surface area contributed by atoms with Gasteiger partial charge < -0.3 is 10.2 Å². The predicted molar refractivity (Wildman–Crippen MR) is 87.4 cm³/mol. The number of hydrogen-bond donors (Lipinski definition) is 1. The highest BCUT2D eigenvalue weighted by molar-refractivity contribution is 5.86. The van der Waals surface area contributed by atoms with Crippen LogP contribution in [0.4, 0.5) is 5.69 Å². The third-order valence-corrected chi connectivity index (χ3v) is 3.51. The molecule has 0 saturated carbocycles. The molecule has 2 aromatic carbocycles. The van der Waals surface area contributed by atoms with Crippen LogP contribution in [-0.2, 0) is 4.79 Å². The molecule has 0 aromatic heterocycles. The van der Waals surface area contributed by atoms with E-state index in [9.17, 15) is 4.79 Å². The van der Waals surface area contributed by atoms with E-state index in [4.69, 9.17) is 0 Å². The highest BCUT2D eigenvalue weighted by Crippen LogP contribution is 2.24. The summed E-state index contributed by atoms with van der Waals surface area (Å²) in [6, 6.07) is 15.7. The number of amides is 1. The molecule has 0 aliphatic heterocycles. The first-order valence-corrected chi connectivity index (χ1v) is 7.09. The van der Waals surface area contributed by atoms with Crippen LogP contribution in [0.3, 0.4) is 0 Å². The summed E-state index contributed by atoms with van der Waals surface area (Å²) in [7, 11) is 3.56. The molecule has 0 bridgehead atoms. The zero-order valence-electron chi connectivity index (χ0n) is 13.1. The Morgan fingerprint density at radius 2 is 1.71 bits per heavy atom. The molecule has 0 aliphatic carbocycles. The number of rotatable bonds is 4. The summed E-state index contributed by atoms with van der Waals surface area (Å²) in [5.41, 5.74) is 4.27. The van der Waals surface area contributed by atoms with E-state index in [2.05, 4.69) is 30.4 Å².